The summed E-state index contributed by atoms with van der Waals surface area (Å²) in [5, 5.41) is 2.81. The molecule has 6 nitrogen and oxygen atoms in total. The Balaban J connectivity index is 1.46. The second-order valence-electron chi connectivity index (χ2n) is 7.32. The van der Waals surface area contributed by atoms with Crippen LogP contribution in [-0.4, -0.2) is 48.3 Å². The Bertz CT molecular complexity index is 945. The van der Waals surface area contributed by atoms with E-state index < -0.39 is 6.04 Å². The highest BCUT2D eigenvalue weighted by Crippen LogP contribution is 2.32. The van der Waals surface area contributed by atoms with Crippen LogP contribution in [0.5, 0.6) is 0 Å². The van der Waals surface area contributed by atoms with Gasteiger partial charge in [-0.1, -0.05) is 24.3 Å². The highest BCUT2D eigenvalue weighted by molar-refractivity contribution is 6.12. The van der Waals surface area contributed by atoms with Crippen molar-refractivity contribution in [3.05, 3.63) is 65.5 Å². The molecule has 0 saturated carbocycles. The molecule has 0 spiro atoms. The molecule has 1 atom stereocenters. The van der Waals surface area contributed by atoms with Crippen molar-refractivity contribution in [2.24, 2.45) is 0 Å². The minimum Gasteiger partial charge on any atom is -0.354 e. The van der Waals surface area contributed by atoms with E-state index in [1.807, 2.05) is 0 Å². The SMILES string of the molecule is O=C(CN1C(=O)C2CCCN2C(=O)c2ccccc21)NCCc1ccc(F)cc1. The van der Waals surface area contributed by atoms with Crippen LogP contribution in [-0.2, 0) is 16.0 Å². The molecule has 1 unspecified atom stereocenters. The fourth-order valence-corrected chi connectivity index (χ4v) is 3.97. The summed E-state index contributed by atoms with van der Waals surface area (Å²) in [7, 11) is 0. The minimum absolute atomic E-state index is 0.142. The Morgan fingerprint density at radius 2 is 1.86 bits per heavy atom. The van der Waals surface area contributed by atoms with Gasteiger partial charge in [-0.25, -0.2) is 4.39 Å². The number of hydrogen-bond acceptors (Lipinski definition) is 3. The van der Waals surface area contributed by atoms with E-state index >= 15 is 0 Å². The monoisotopic (exact) mass is 395 g/mol. The van der Waals surface area contributed by atoms with Crippen molar-refractivity contribution in [2.45, 2.75) is 25.3 Å². The lowest BCUT2D eigenvalue weighted by Gasteiger charge is -2.25. The maximum absolute atomic E-state index is 13.1. The standard InChI is InChI=1S/C22H22FN3O3/c23-16-9-7-15(8-10-16)11-12-24-20(27)14-26-18-5-2-1-4-17(18)21(28)25-13-3-6-19(25)22(26)29/h1-2,4-5,7-10,19H,3,6,11-14H2,(H,24,27). The molecule has 7 heteroatoms. The molecule has 0 aromatic heterocycles. The van der Waals surface area contributed by atoms with E-state index in [0.717, 1.165) is 12.0 Å². The summed E-state index contributed by atoms with van der Waals surface area (Å²) in [6.45, 7) is 0.792. The van der Waals surface area contributed by atoms with E-state index in [4.69, 9.17) is 0 Å². The van der Waals surface area contributed by atoms with E-state index in [2.05, 4.69) is 5.32 Å². The maximum atomic E-state index is 13.1. The van der Waals surface area contributed by atoms with Gasteiger partial charge in [-0.15, -0.1) is 0 Å². The molecule has 2 aliphatic rings. The number of rotatable bonds is 5. The normalized spacial score (nSPS) is 18.3. The van der Waals surface area contributed by atoms with Crippen LogP contribution in [0.3, 0.4) is 0 Å². The molecule has 2 aromatic rings. The molecule has 2 aliphatic heterocycles. The first-order valence-electron chi connectivity index (χ1n) is 9.77. The van der Waals surface area contributed by atoms with E-state index in [-0.39, 0.29) is 30.1 Å². The zero-order valence-corrected chi connectivity index (χ0v) is 15.9. The Labute approximate surface area is 168 Å². The van der Waals surface area contributed by atoms with Gasteiger partial charge in [0, 0.05) is 13.1 Å². The third kappa shape index (κ3) is 3.85. The van der Waals surface area contributed by atoms with Crippen molar-refractivity contribution in [2.75, 3.05) is 24.5 Å². The molecule has 2 heterocycles. The molecular weight excluding hydrogens is 373 g/mol. The molecule has 1 saturated heterocycles. The van der Waals surface area contributed by atoms with Gasteiger partial charge in [0.05, 0.1) is 11.3 Å². The number of halogens is 1. The summed E-state index contributed by atoms with van der Waals surface area (Å²) in [6.07, 6.45) is 1.95. The number of anilines is 1. The molecule has 0 bridgehead atoms. The molecule has 0 radical (unpaired) electrons. The summed E-state index contributed by atoms with van der Waals surface area (Å²) in [6, 6.07) is 12.5. The quantitative estimate of drug-likeness (QED) is 0.843. The minimum atomic E-state index is -0.512. The van der Waals surface area contributed by atoms with Crippen LogP contribution in [0.15, 0.2) is 48.5 Å². The Morgan fingerprint density at radius 3 is 2.66 bits per heavy atom. The molecule has 1 fully saturated rings. The zero-order chi connectivity index (χ0) is 20.4. The molecule has 4 rings (SSSR count). The number of fused-ring (bicyclic) bond motifs is 2. The molecule has 0 aliphatic carbocycles. The van der Waals surface area contributed by atoms with Crippen LogP contribution < -0.4 is 10.2 Å². The Hall–Kier alpha value is -3.22. The summed E-state index contributed by atoms with van der Waals surface area (Å²) in [5.41, 5.74) is 1.84. The van der Waals surface area contributed by atoms with E-state index in [9.17, 15) is 18.8 Å². The van der Waals surface area contributed by atoms with Crippen molar-refractivity contribution in [1.29, 1.82) is 0 Å². The number of hydrogen-bond donors (Lipinski definition) is 1. The number of amides is 3. The largest absolute Gasteiger partial charge is 0.354 e. The van der Waals surface area contributed by atoms with Crippen LogP contribution in [0, 0.1) is 5.82 Å². The van der Waals surface area contributed by atoms with Crippen molar-refractivity contribution in [3.63, 3.8) is 0 Å². The van der Waals surface area contributed by atoms with Gasteiger partial charge in [0.1, 0.15) is 18.4 Å². The summed E-state index contributed by atoms with van der Waals surface area (Å²) in [4.78, 5) is 41.6. The first-order chi connectivity index (χ1) is 14.0. The molecule has 150 valence electrons. The molecular formula is C22H22FN3O3. The van der Waals surface area contributed by atoms with Gasteiger partial charge in [0.25, 0.3) is 5.91 Å². The molecule has 2 aromatic carbocycles. The fourth-order valence-electron chi connectivity index (χ4n) is 3.97. The lowest BCUT2D eigenvalue weighted by molar-refractivity contribution is -0.125. The van der Waals surface area contributed by atoms with Gasteiger partial charge in [-0.2, -0.15) is 0 Å². The third-order valence-electron chi connectivity index (χ3n) is 5.44. The maximum Gasteiger partial charge on any atom is 0.256 e. The molecule has 3 amide bonds. The fraction of sp³-hybridized carbons (Fsp3) is 0.318. The number of carbonyl (C=O) groups is 3. The first-order valence-corrected chi connectivity index (χ1v) is 9.77. The number of para-hydroxylation sites is 1. The second-order valence-corrected chi connectivity index (χ2v) is 7.32. The number of carbonyl (C=O) groups excluding carboxylic acids is 3. The summed E-state index contributed by atoms with van der Waals surface area (Å²) in [5.74, 6) is -0.967. The van der Waals surface area contributed by atoms with E-state index in [0.29, 0.717) is 37.2 Å². The zero-order valence-electron chi connectivity index (χ0n) is 15.9. The number of nitrogens with one attached hydrogen (secondary N) is 1. The second kappa shape index (κ2) is 8.03. The van der Waals surface area contributed by atoms with Crippen LogP contribution in [0.4, 0.5) is 10.1 Å². The third-order valence-corrected chi connectivity index (χ3v) is 5.44. The van der Waals surface area contributed by atoms with E-state index in [1.165, 1.54) is 17.0 Å². The average Bonchev–Trinajstić information content (AvgIpc) is 3.20. The number of nitrogens with zero attached hydrogens (tertiary/aromatic N) is 2. The topological polar surface area (TPSA) is 69.7 Å². The summed E-state index contributed by atoms with van der Waals surface area (Å²) >= 11 is 0. The van der Waals surface area contributed by atoms with Crippen molar-refractivity contribution < 1.29 is 18.8 Å². The summed E-state index contributed by atoms with van der Waals surface area (Å²) < 4.78 is 13.0. The first kappa shape index (κ1) is 19.1. The van der Waals surface area contributed by atoms with Crippen LogP contribution in [0.25, 0.3) is 0 Å². The van der Waals surface area contributed by atoms with Gasteiger partial charge in [0.15, 0.2) is 0 Å². The van der Waals surface area contributed by atoms with Gasteiger partial charge >= 0.3 is 0 Å². The van der Waals surface area contributed by atoms with Crippen molar-refractivity contribution >= 4 is 23.4 Å². The smallest absolute Gasteiger partial charge is 0.256 e. The lowest BCUT2D eigenvalue weighted by Crippen LogP contribution is -2.48. The predicted molar refractivity (Wildman–Crippen MR) is 106 cm³/mol. The van der Waals surface area contributed by atoms with Gasteiger partial charge in [-0.05, 0) is 49.1 Å². The van der Waals surface area contributed by atoms with Gasteiger partial charge in [-0.3, -0.25) is 14.4 Å². The molecule has 1 N–H and O–H groups in total. The van der Waals surface area contributed by atoms with Gasteiger partial charge in [0.2, 0.25) is 11.8 Å². The van der Waals surface area contributed by atoms with Crippen LogP contribution >= 0.6 is 0 Å². The highest BCUT2D eigenvalue weighted by Gasteiger charge is 2.42. The number of benzene rings is 2. The van der Waals surface area contributed by atoms with Crippen molar-refractivity contribution in [1.82, 2.24) is 10.2 Å². The van der Waals surface area contributed by atoms with Crippen molar-refractivity contribution in [3.8, 4) is 0 Å². The Morgan fingerprint density at radius 1 is 1.10 bits per heavy atom. The van der Waals surface area contributed by atoms with Crippen LogP contribution in [0.2, 0.25) is 0 Å². The predicted octanol–water partition coefficient (Wildman–Crippen LogP) is 2.14. The lowest BCUT2D eigenvalue weighted by atomic mass is 10.1. The molecule has 29 heavy (non-hydrogen) atoms. The highest BCUT2D eigenvalue weighted by atomic mass is 19.1. The van der Waals surface area contributed by atoms with Gasteiger partial charge < -0.3 is 15.1 Å². The van der Waals surface area contributed by atoms with E-state index in [1.54, 1.807) is 41.3 Å². The van der Waals surface area contributed by atoms with Crippen LogP contribution in [0.1, 0.15) is 28.8 Å². The average molecular weight is 395 g/mol. The Kier molecular flexibility index (Phi) is 5.29.